The van der Waals surface area contributed by atoms with Crippen molar-refractivity contribution in [3.8, 4) is 0 Å². The number of unbranched alkanes of at least 4 members (excludes halogenated alkanes) is 1. The molecule has 0 saturated heterocycles. The van der Waals surface area contributed by atoms with E-state index in [-0.39, 0.29) is 0 Å². The van der Waals surface area contributed by atoms with Crippen LogP contribution in [0.15, 0.2) is 4.99 Å². The Morgan fingerprint density at radius 2 is 1.71 bits per heavy atom. The van der Waals surface area contributed by atoms with E-state index in [4.69, 9.17) is 0 Å². The Labute approximate surface area is 97.0 Å². The average molecular weight is 262 g/mol. The van der Waals surface area contributed by atoms with Gasteiger partial charge in [0.25, 0.3) is 0 Å². The number of hydrogen-bond donors (Lipinski definition) is 0. The number of amidine groups is 1. The van der Waals surface area contributed by atoms with Gasteiger partial charge in [-0.25, -0.2) is 0 Å². The van der Waals surface area contributed by atoms with Gasteiger partial charge in [-0.15, -0.1) is 0 Å². The van der Waals surface area contributed by atoms with Gasteiger partial charge >= 0.3 is 96.7 Å². The standard InChI is InChI=1S/C11H23N2Se/c1-6-7-8-12-11(14)13(9(2)3)10(4)5/h9-10H,6-8H2,1-5H3. The summed E-state index contributed by atoms with van der Waals surface area (Å²) in [4.78, 5) is 6.86. The molecule has 0 aromatic carbocycles. The van der Waals surface area contributed by atoms with Crippen LogP contribution in [0.5, 0.6) is 0 Å². The third kappa shape index (κ3) is 5.02. The van der Waals surface area contributed by atoms with E-state index in [9.17, 15) is 0 Å². The van der Waals surface area contributed by atoms with E-state index in [1.54, 1.807) is 0 Å². The van der Waals surface area contributed by atoms with Crippen molar-refractivity contribution in [2.24, 2.45) is 4.99 Å². The quantitative estimate of drug-likeness (QED) is 0.321. The first-order chi connectivity index (χ1) is 6.50. The first kappa shape index (κ1) is 14.0. The van der Waals surface area contributed by atoms with E-state index in [0.717, 1.165) is 11.3 Å². The number of rotatable bonds is 5. The molecular formula is C11H23N2Se. The summed E-state index contributed by atoms with van der Waals surface area (Å²) in [6, 6.07) is 1.02. The SMILES string of the molecule is CCCCN=C([Se])N(C(C)C)C(C)C. The van der Waals surface area contributed by atoms with Gasteiger partial charge in [0.2, 0.25) is 0 Å². The predicted octanol–water partition coefficient (Wildman–Crippen LogP) is 2.43. The summed E-state index contributed by atoms with van der Waals surface area (Å²) in [5, 5.41) is 0. The Morgan fingerprint density at radius 1 is 1.21 bits per heavy atom. The molecule has 0 bridgehead atoms. The van der Waals surface area contributed by atoms with Gasteiger partial charge < -0.3 is 0 Å². The van der Waals surface area contributed by atoms with Crippen molar-refractivity contribution in [2.75, 3.05) is 6.54 Å². The Hall–Kier alpha value is -0.0105. The van der Waals surface area contributed by atoms with Crippen molar-refractivity contribution in [3.05, 3.63) is 0 Å². The second-order valence-corrected chi connectivity index (χ2v) is 4.88. The Balaban J connectivity index is 4.28. The minimum atomic E-state index is 0.511. The monoisotopic (exact) mass is 263 g/mol. The van der Waals surface area contributed by atoms with Crippen LogP contribution in [-0.2, 0) is 0 Å². The zero-order valence-corrected chi connectivity index (χ0v) is 11.8. The number of nitrogens with zero attached hydrogens (tertiary/aromatic N) is 2. The summed E-state index contributed by atoms with van der Waals surface area (Å²) in [6.45, 7) is 11.9. The van der Waals surface area contributed by atoms with E-state index in [0.29, 0.717) is 12.1 Å². The molecule has 0 unspecified atom stereocenters. The van der Waals surface area contributed by atoms with Crippen LogP contribution >= 0.6 is 0 Å². The molecule has 0 aromatic rings. The van der Waals surface area contributed by atoms with E-state index >= 15 is 0 Å². The van der Waals surface area contributed by atoms with Crippen molar-refractivity contribution < 1.29 is 0 Å². The topological polar surface area (TPSA) is 15.6 Å². The zero-order valence-electron chi connectivity index (χ0n) is 10.1. The van der Waals surface area contributed by atoms with Crippen molar-refractivity contribution in [1.82, 2.24) is 4.90 Å². The first-order valence-electron chi connectivity index (χ1n) is 5.50. The fourth-order valence-electron chi connectivity index (χ4n) is 1.45. The van der Waals surface area contributed by atoms with Gasteiger partial charge in [-0.2, -0.15) is 0 Å². The molecule has 0 aromatic heterocycles. The van der Waals surface area contributed by atoms with Crippen LogP contribution in [0, 0.1) is 0 Å². The van der Waals surface area contributed by atoms with Crippen LogP contribution in [0.1, 0.15) is 47.5 Å². The molecular weight excluding hydrogens is 239 g/mol. The van der Waals surface area contributed by atoms with Crippen molar-refractivity contribution in [2.45, 2.75) is 59.5 Å². The predicted molar refractivity (Wildman–Crippen MR) is 65.1 cm³/mol. The normalized spacial score (nSPS) is 12.6. The second kappa shape index (κ2) is 7.30. The summed E-state index contributed by atoms with van der Waals surface area (Å²) in [5.74, 6) is 0. The van der Waals surface area contributed by atoms with Gasteiger partial charge in [-0.1, -0.05) is 0 Å². The fourth-order valence-corrected chi connectivity index (χ4v) is 2.53. The molecule has 0 aliphatic carbocycles. The Morgan fingerprint density at radius 3 is 2.07 bits per heavy atom. The Kier molecular flexibility index (Phi) is 7.30. The van der Waals surface area contributed by atoms with Crippen LogP contribution < -0.4 is 0 Å². The molecule has 0 fully saturated rings. The van der Waals surface area contributed by atoms with Crippen molar-refractivity contribution >= 4 is 20.7 Å². The molecule has 0 aliphatic rings. The van der Waals surface area contributed by atoms with E-state index in [2.05, 4.69) is 60.5 Å². The number of aliphatic imine (C=N–C) groups is 1. The molecule has 0 N–H and O–H groups in total. The van der Waals surface area contributed by atoms with Gasteiger partial charge in [-0.3, -0.25) is 0 Å². The molecule has 14 heavy (non-hydrogen) atoms. The van der Waals surface area contributed by atoms with E-state index < -0.39 is 0 Å². The fraction of sp³-hybridized carbons (Fsp3) is 0.909. The molecule has 0 aliphatic heterocycles. The van der Waals surface area contributed by atoms with E-state index in [1.807, 2.05) is 0 Å². The van der Waals surface area contributed by atoms with Gasteiger partial charge in [0.1, 0.15) is 0 Å². The minimum absolute atomic E-state index is 0.511. The summed E-state index contributed by atoms with van der Waals surface area (Å²) in [5.41, 5.74) is 0. The van der Waals surface area contributed by atoms with Gasteiger partial charge in [0.05, 0.1) is 0 Å². The van der Waals surface area contributed by atoms with Crippen LogP contribution in [0.25, 0.3) is 0 Å². The maximum atomic E-state index is 4.54. The molecule has 0 saturated carbocycles. The maximum absolute atomic E-state index is 4.54. The third-order valence-corrected chi connectivity index (χ3v) is 2.81. The van der Waals surface area contributed by atoms with Crippen LogP contribution in [-0.4, -0.2) is 44.3 Å². The summed E-state index contributed by atoms with van der Waals surface area (Å²) in [6.07, 6.45) is 2.38. The summed E-state index contributed by atoms with van der Waals surface area (Å²) in [7, 11) is 0. The summed E-state index contributed by atoms with van der Waals surface area (Å²) < 4.78 is 1.06. The van der Waals surface area contributed by atoms with Crippen molar-refractivity contribution in [1.29, 1.82) is 0 Å². The molecule has 0 atom stereocenters. The van der Waals surface area contributed by atoms with Gasteiger partial charge in [-0.05, 0) is 0 Å². The van der Waals surface area contributed by atoms with Crippen LogP contribution in [0.2, 0.25) is 0 Å². The number of hydrogen-bond acceptors (Lipinski definition) is 1. The van der Waals surface area contributed by atoms with Crippen molar-refractivity contribution in [3.63, 3.8) is 0 Å². The molecule has 3 heteroatoms. The molecule has 83 valence electrons. The molecule has 2 nitrogen and oxygen atoms in total. The average Bonchev–Trinajstić information content (AvgIpc) is 2.03. The summed E-state index contributed by atoms with van der Waals surface area (Å²) >= 11 is 3.07. The Bertz CT molecular complexity index is 168. The zero-order chi connectivity index (χ0) is 11.1. The molecule has 1 radical (unpaired) electrons. The van der Waals surface area contributed by atoms with Crippen LogP contribution in [0.4, 0.5) is 0 Å². The molecule has 0 rings (SSSR count). The molecule has 0 spiro atoms. The second-order valence-electron chi connectivity index (χ2n) is 4.11. The van der Waals surface area contributed by atoms with Crippen LogP contribution in [0.3, 0.4) is 0 Å². The molecule has 0 amide bonds. The third-order valence-electron chi connectivity index (χ3n) is 2.09. The molecule has 0 heterocycles. The van der Waals surface area contributed by atoms with Gasteiger partial charge in [0, 0.05) is 0 Å². The van der Waals surface area contributed by atoms with E-state index in [1.165, 1.54) is 12.8 Å². The van der Waals surface area contributed by atoms with Gasteiger partial charge in [0.15, 0.2) is 0 Å². The first-order valence-corrected chi connectivity index (χ1v) is 6.36.